The minimum absolute atomic E-state index is 0. The van der Waals surface area contributed by atoms with E-state index in [0.29, 0.717) is 55.7 Å². The quantitative estimate of drug-likeness (QED) is 0.267. The number of carbonyl (C=O) groups is 1. The third kappa shape index (κ3) is 6.16. The molecular weight excluding hydrogens is 568 g/mol. The second-order valence-electron chi connectivity index (χ2n) is 9.67. The number of amides is 1. The molecule has 8 nitrogen and oxygen atoms in total. The molecule has 1 aromatic heterocycles. The molecule has 212 valence electrons. The largest absolute Gasteiger partial charge is 0.492 e. The molecule has 0 atom stereocenters. The highest BCUT2D eigenvalue weighted by atomic mass is 35.5. The number of likely N-dealkylation sites (N-methyl/N-ethyl adjacent to an activating group) is 1. The van der Waals surface area contributed by atoms with Crippen LogP contribution in [0.4, 0.5) is 5.13 Å². The van der Waals surface area contributed by atoms with Crippen LogP contribution in [0.2, 0.25) is 0 Å². The van der Waals surface area contributed by atoms with Gasteiger partial charge in [0.05, 0.1) is 16.2 Å². The minimum Gasteiger partial charge on any atom is -0.492 e. The van der Waals surface area contributed by atoms with Crippen molar-refractivity contribution in [3.8, 4) is 5.75 Å². The van der Waals surface area contributed by atoms with Crippen molar-refractivity contribution in [3.63, 3.8) is 0 Å². The van der Waals surface area contributed by atoms with Gasteiger partial charge in [-0.1, -0.05) is 41.7 Å². The van der Waals surface area contributed by atoms with E-state index >= 15 is 0 Å². The van der Waals surface area contributed by atoms with E-state index in [2.05, 4.69) is 0 Å². The van der Waals surface area contributed by atoms with Crippen LogP contribution in [0.15, 0.2) is 71.6 Å². The summed E-state index contributed by atoms with van der Waals surface area (Å²) in [4.78, 5) is 22.3. The maximum atomic E-state index is 13.7. The number of thiazole rings is 1. The molecule has 1 aliphatic rings. The molecule has 40 heavy (non-hydrogen) atoms. The van der Waals surface area contributed by atoms with Gasteiger partial charge in [-0.15, -0.1) is 12.4 Å². The lowest BCUT2D eigenvalue weighted by Gasteiger charge is -2.28. The Kier molecular flexibility index (Phi) is 9.48. The monoisotopic (exact) mass is 600 g/mol. The Hall–Kier alpha value is -3.02. The number of fused-ring (bicyclic) bond motifs is 2. The predicted molar refractivity (Wildman–Crippen MR) is 162 cm³/mol. The molecule has 5 rings (SSSR count). The van der Waals surface area contributed by atoms with Crippen LogP contribution in [-0.4, -0.2) is 68.9 Å². The van der Waals surface area contributed by atoms with Gasteiger partial charge in [0.1, 0.15) is 11.3 Å². The summed E-state index contributed by atoms with van der Waals surface area (Å²) in [6.45, 7) is 4.30. The number of aromatic nitrogens is 1. The van der Waals surface area contributed by atoms with Gasteiger partial charge < -0.3 is 9.64 Å². The molecule has 0 unspecified atom stereocenters. The average molecular weight is 601 g/mol. The lowest BCUT2D eigenvalue weighted by molar-refractivity contribution is 0.0985. The second kappa shape index (κ2) is 12.7. The van der Waals surface area contributed by atoms with E-state index in [1.54, 1.807) is 17.0 Å². The van der Waals surface area contributed by atoms with E-state index in [0.717, 1.165) is 15.8 Å². The number of carbonyl (C=O) groups excluding carboxylic acids is 1. The third-order valence-corrected chi connectivity index (χ3v) is 9.66. The van der Waals surface area contributed by atoms with Crippen LogP contribution in [0.25, 0.3) is 10.2 Å². The Morgan fingerprint density at radius 3 is 2.42 bits per heavy atom. The summed E-state index contributed by atoms with van der Waals surface area (Å²) in [5.74, 6) is 0.456. The number of sulfonamides is 1. The van der Waals surface area contributed by atoms with Crippen molar-refractivity contribution < 1.29 is 17.9 Å². The van der Waals surface area contributed by atoms with E-state index in [-0.39, 0.29) is 23.2 Å². The normalized spacial score (nSPS) is 13.6. The van der Waals surface area contributed by atoms with Crippen molar-refractivity contribution in [1.29, 1.82) is 0 Å². The molecular formula is C29H33ClN4O4S2. The number of ether oxygens (including phenoxy) is 1. The second-order valence-corrected chi connectivity index (χ2v) is 12.6. The zero-order valence-electron chi connectivity index (χ0n) is 22.7. The fraction of sp³-hybridized carbons (Fsp3) is 0.310. The number of nitrogens with zero attached hydrogens (tertiary/aromatic N) is 4. The van der Waals surface area contributed by atoms with E-state index < -0.39 is 10.0 Å². The molecule has 1 amide bonds. The smallest absolute Gasteiger partial charge is 0.260 e. The zero-order valence-corrected chi connectivity index (χ0v) is 25.2. The molecule has 0 aliphatic carbocycles. The molecule has 3 aromatic carbocycles. The lowest BCUT2D eigenvalue weighted by atomic mass is 10.0. The summed E-state index contributed by atoms with van der Waals surface area (Å²) in [6.07, 6.45) is 0.681. The third-order valence-electron chi connectivity index (χ3n) is 6.75. The molecule has 0 N–H and O–H groups in total. The van der Waals surface area contributed by atoms with Gasteiger partial charge in [0.25, 0.3) is 5.91 Å². The van der Waals surface area contributed by atoms with Crippen LogP contribution in [0.1, 0.15) is 28.4 Å². The van der Waals surface area contributed by atoms with Crippen molar-refractivity contribution >= 4 is 55.0 Å². The van der Waals surface area contributed by atoms with Crippen molar-refractivity contribution in [1.82, 2.24) is 14.2 Å². The molecule has 0 bridgehead atoms. The van der Waals surface area contributed by atoms with Crippen molar-refractivity contribution in [3.05, 3.63) is 83.4 Å². The van der Waals surface area contributed by atoms with Gasteiger partial charge in [-0.05, 0) is 75.0 Å². The van der Waals surface area contributed by atoms with Gasteiger partial charge in [-0.2, -0.15) is 4.31 Å². The minimum atomic E-state index is -3.69. The first-order chi connectivity index (χ1) is 18.8. The summed E-state index contributed by atoms with van der Waals surface area (Å²) < 4.78 is 35.0. The van der Waals surface area contributed by atoms with Crippen LogP contribution in [0.3, 0.4) is 0 Å². The number of benzene rings is 3. The van der Waals surface area contributed by atoms with Crippen LogP contribution < -0.4 is 9.64 Å². The molecule has 0 saturated carbocycles. The average Bonchev–Trinajstić information content (AvgIpc) is 3.38. The molecule has 4 aromatic rings. The van der Waals surface area contributed by atoms with Gasteiger partial charge in [-0.25, -0.2) is 13.4 Å². The van der Waals surface area contributed by atoms with E-state index in [9.17, 15) is 13.2 Å². The summed E-state index contributed by atoms with van der Waals surface area (Å²) in [6, 6.07) is 19.9. The van der Waals surface area contributed by atoms with Gasteiger partial charge in [-0.3, -0.25) is 9.69 Å². The van der Waals surface area contributed by atoms with E-state index in [1.807, 2.05) is 68.4 Å². The summed E-state index contributed by atoms with van der Waals surface area (Å²) >= 11 is 1.43. The summed E-state index contributed by atoms with van der Waals surface area (Å²) in [5.41, 5.74) is 3.34. The molecule has 1 aliphatic heterocycles. The first-order valence-electron chi connectivity index (χ1n) is 12.9. The molecule has 11 heteroatoms. The van der Waals surface area contributed by atoms with Crippen molar-refractivity contribution in [2.24, 2.45) is 0 Å². The SMILES string of the molecule is CCOc1cccc2sc(N(CCN(C)C)C(=O)c3ccc(S(=O)(=O)N4CCc5ccccc5C4)cc3)nc12.Cl. The lowest BCUT2D eigenvalue weighted by Crippen LogP contribution is -2.37. The highest BCUT2D eigenvalue weighted by Crippen LogP contribution is 2.35. The Bertz CT molecular complexity index is 1590. The van der Waals surface area contributed by atoms with Crippen molar-refractivity contribution in [2.75, 3.05) is 45.2 Å². The Balaban J connectivity index is 0.00000370. The first-order valence-corrected chi connectivity index (χ1v) is 15.2. The van der Waals surface area contributed by atoms with Crippen LogP contribution in [0, 0.1) is 0 Å². The molecule has 2 heterocycles. The van der Waals surface area contributed by atoms with Gasteiger partial charge in [0.2, 0.25) is 10.0 Å². The van der Waals surface area contributed by atoms with Crippen LogP contribution in [-0.2, 0) is 23.0 Å². The van der Waals surface area contributed by atoms with E-state index in [1.165, 1.54) is 33.3 Å². The fourth-order valence-corrected chi connectivity index (χ4v) is 7.06. The molecule has 0 saturated heterocycles. The highest BCUT2D eigenvalue weighted by Gasteiger charge is 2.29. The number of hydrogen-bond donors (Lipinski definition) is 0. The summed E-state index contributed by atoms with van der Waals surface area (Å²) in [7, 11) is 0.211. The number of rotatable bonds is 9. The summed E-state index contributed by atoms with van der Waals surface area (Å²) in [5, 5.41) is 0.577. The highest BCUT2D eigenvalue weighted by molar-refractivity contribution is 7.89. The zero-order chi connectivity index (χ0) is 27.6. The van der Waals surface area contributed by atoms with Crippen molar-refractivity contribution in [2.45, 2.75) is 24.8 Å². The van der Waals surface area contributed by atoms with Gasteiger partial charge >= 0.3 is 0 Å². The maximum Gasteiger partial charge on any atom is 0.260 e. The fourth-order valence-electron chi connectivity index (χ4n) is 4.63. The van der Waals surface area contributed by atoms with Crippen LogP contribution >= 0.6 is 23.7 Å². The van der Waals surface area contributed by atoms with E-state index in [4.69, 9.17) is 9.72 Å². The Morgan fingerprint density at radius 1 is 1.00 bits per heavy atom. The van der Waals surface area contributed by atoms with Gasteiger partial charge in [0.15, 0.2) is 5.13 Å². The Morgan fingerprint density at radius 2 is 1.73 bits per heavy atom. The number of hydrogen-bond acceptors (Lipinski definition) is 7. The number of para-hydroxylation sites is 1. The topological polar surface area (TPSA) is 83.0 Å². The number of halogens is 1. The first kappa shape index (κ1) is 30.0. The predicted octanol–water partition coefficient (Wildman–Crippen LogP) is 5.07. The maximum absolute atomic E-state index is 13.7. The van der Waals surface area contributed by atoms with Crippen LogP contribution in [0.5, 0.6) is 5.75 Å². The number of anilines is 1. The standard InChI is InChI=1S/C29H32N4O4S2.ClH/c1-4-37-25-10-7-11-26-27(25)30-29(38-26)33(19-18-31(2)3)28(34)22-12-14-24(15-13-22)39(35,36)32-17-16-21-8-5-6-9-23(21)20-32;/h5-15H,4,16-20H2,1-3H3;1H. The molecule has 0 radical (unpaired) electrons. The Labute approximate surface area is 245 Å². The molecule has 0 spiro atoms. The van der Waals surface area contributed by atoms with Gasteiger partial charge in [0, 0.05) is 31.7 Å². The molecule has 0 fully saturated rings.